The van der Waals surface area contributed by atoms with Crippen molar-refractivity contribution in [2.24, 2.45) is 0 Å². The number of ketones is 1. The molecule has 36 heavy (non-hydrogen) atoms. The molecular formula is C28H26NO6S-. The molecule has 4 aromatic rings. The van der Waals surface area contributed by atoms with Crippen molar-refractivity contribution in [2.45, 2.75) is 39.0 Å². The predicted molar refractivity (Wildman–Crippen MR) is 137 cm³/mol. The standard InChI is InChI=1S/C28H27NO6S/c1-18(2)35-24(27(31)32)16-19-8-11-22(12-9-19)34-15-14-29-23-13-10-21(17-25(23)36-28(29)33)26(30)20-6-4-3-5-7-20/h3-13,17-18,24H,14-16H2,1-2H3,(H,31,32)/p-1. The first kappa shape index (κ1) is 25.3. The molecule has 1 heterocycles. The van der Waals surface area contributed by atoms with Crippen LogP contribution in [0.1, 0.15) is 35.3 Å². The third-order valence-electron chi connectivity index (χ3n) is 5.59. The van der Waals surface area contributed by atoms with Gasteiger partial charge in [-0.15, -0.1) is 0 Å². The minimum atomic E-state index is -1.24. The van der Waals surface area contributed by atoms with Crippen LogP contribution in [0.4, 0.5) is 0 Å². The van der Waals surface area contributed by atoms with E-state index in [1.807, 2.05) is 18.2 Å². The number of carboxylic acid groups (broad SMARTS) is 1. The highest BCUT2D eigenvalue weighted by Crippen LogP contribution is 2.21. The Morgan fingerprint density at radius 1 is 0.972 bits per heavy atom. The third-order valence-corrected chi connectivity index (χ3v) is 6.54. The average molecular weight is 505 g/mol. The Morgan fingerprint density at radius 2 is 1.69 bits per heavy atom. The summed E-state index contributed by atoms with van der Waals surface area (Å²) >= 11 is 1.10. The molecule has 0 aliphatic heterocycles. The van der Waals surface area contributed by atoms with Crippen molar-refractivity contribution >= 4 is 33.3 Å². The molecule has 3 aromatic carbocycles. The minimum Gasteiger partial charge on any atom is -0.547 e. The average Bonchev–Trinajstić information content (AvgIpc) is 3.18. The van der Waals surface area contributed by atoms with Crippen molar-refractivity contribution in [1.82, 2.24) is 4.57 Å². The monoisotopic (exact) mass is 504 g/mol. The highest BCUT2D eigenvalue weighted by Gasteiger charge is 2.15. The van der Waals surface area contributed by atoms with E-state index >= 15 is 0 Å². The number of aliphatic carboxylic acids is 1. The van der Waals surface area contributed by atoms with Gasteiger partial charge in [-0.25, -0.2) is 0 Å². The quantitative estimate of drug-likeness (QED) is 0.290. The van der Waals surface area contributed by atoms with Gasteiger partial charge in [0, 0.05) is 17.5 Å². The van der Waals surface area contributed by atoms with Crippen molar-refractivity contribution in [3.05, 3.63) is 99.2 Å². The van der Waals surface area contributed by atoms with Crippen LogP contribution in [0, 0.1) is 0 Å². The zero-order chi connectivity index (χ0) is 25.7. The summed E-state index contributed by atoms with van der Waals surface area (Å²) in [6, 6.07) is 21.4. The van der Waals surface area contributed by atoms with Crippen molar-refractivity contribution < 1.29 is 24.2 Å². The Hall–Kier alpha value is -3.75. The minimum absolute atomic E-state index is 0.0848. The molecule has 0 aliphatic rings. The lowest BCUT2D eigenvalue weighted by atomic mass is 10.0. The molecule has 1 aromatic heterocycles. The van der Waals surface area contributed by atoms with E-state index in [1.54, 1.807) is 73.0 Å². The maximum atomic E-state index is 12.7. The second kappa shape index (κ2) is 11.3. The third kappa shape index (κ3) is 6.08. The van der Waals surface area contributed by atoms with Gasteiger partial charge in [0.2, 0.25) is 0 Å². The molecule has 1 unspecified atom stereocenters. The van der Waals surface area contributed by atoms with Crippen LogP contribution in [-0.4, -0.2) is 35.1 Å². The van der Waals surface area contributed by atoms with Crippen LogP contribution in [0.25, 0.3) is 10.2 Å². The second-order valence-electron chi connectivity index (χ2n) is 8.59. The lowest BCUT2D eigenvalue weighted by Gasteiger charge is -2.21. The molecule has 0 bridgehead atoms. The summed E-state index contributed by atoms with van der Waals surface area (Å²) in [5.41, 5.74) is 2.69. The first-order valence-electron chi connectivity index (χ1n) is 11.6. The number of fused-ring (bicyclic) bond motifs is 1. The number of aromatic nitrogens is 1. The summed E-state index contributed by atoms with van der Waals surface area (Å²) in [4.78, 5) is 36.5. The van der Waals surface area contributed by atoms with Gasteiger partial charge < -0.3 is 19.4 Å². The molecular weight excluding hydrogens is 478 g/mol. The molecule has 0 radical (unpaired) electrons. The van der Waals surface area contributed by atoms with Crippen LogP contribution in [0.2, 0.25) is 0 Å². The molecule has 0 amide bonds. The maximum absolute atomic E-state index is 12.7. The van der Waals surface area contributed by atoms with Crippen LogP contribution in [0.5, 0.6) is 5.75 Å². The first-order valence-corrected chi connectivity index (χ1v) is 12.4. The number of hydrogen-bond donors (Lipinski definition) is 0. The lowest BCUT2D eigenvalue weighted by molar-refractivity contribution is -0.318. The molecule has 0 spiro atoms. The van der Waals surface area contributed by atoms with E-state index in [4.69, 9.17) is 9.47 Å². The molecule has 7 nitrogen and oxygen atoms in total. The Morgan fingerprint density at radius 3 is 2.36 bits per heavy atom. The molecule has 0 fully saturated rings. The normalized spacial score (nSPS) is 12.1. The van der Waals surface area contributed by atoms with Crippen molar-refractivity contribution in [1.29, 1.82) is 0 Å². The fraction of sp³-hybridized carbons (Fsp3) is 0.250. The van der Waals surface area contributed by atoms with Crippen molar-refractivity contribution in [3.8, 4) is 5.75 Å². The lowest BCUT2D eigenvalue weighted by Crippen LogP contribution is -2.40. The van der Waals surface area contributed by atoms with Gasteiger partial charge in [0.25, 0.3) is 0 Å². The molecule has 1 atom stereocenters. The number of carboxylic acids is 1. The van der Waals surface area contributed by atoms with E-state index in [2.05, 4.69) is 0 Å². The summed E-state index contributed by atoms with van der Waals surface area (Å²) in [5.74, 6) is -0.718. The summed E-state index contributed by atoms with van der Waals surface area (Å²) in [5, 5.41) is 11.3. The van der Waals surface area contributed by atoms with Gasteiger partial charge in [-0.05, 0) is 49.7 Å². The number of carbonyl (C=O) groups excluding carboxylic acids is 2. The van der Waals surface area contributed by atoms with E-state index in [9.17, 15) is 19.5 Å². The van der Waals surface area contributed by atoms with Crippen molar-refractivity contribution in [2.75, 3.05) is 6.61 Å². The van der Waals surface area contributed by atoms with E-state index < -0.39 is 12.1 Å². The number of thiazole rings is 1. The summed E-state index contributed by atoms with van der Waals surface area (Å²) in [7, 11) is 0. The molecule has 0 saturated heterocycles. The SMILES string of the molecule is CC(C)OC(Cc1ccc(OCCn2c(=O)sc3cc(C(=O)c4ccccc4)ccc32)cc1)C(=O)[O-]. The van der Waals surface area contributed by atoms with Gasteiger partial charge in [-0.2, -0.15) is 0 Å². The summed E-state index contributed by atoms with van der Waals surface area (Å²) in [6.07, 6.45) is -1.03. The van der Waals surface area contributed by atoms with Crippen molar-refractivity contribution in [3.63, 3.8) is 0 Å². The molecule has 4 rings (SSSR count). The van der Waals surface area contributed by atoms with Gasteiger partial charge in [-0.3, -0.25) is 14.2 Å². The molecule has 8 heteroatoms. The number of nitrogens with zero attached hydrogens (tertiary/aromatic N) is 1. The van der Waals surface area contributed by atoms with Gasteiger partial charge in [0.15, 0.2) is 5.78 Å². The van der Waals surface area contributed by atoms with Crippen LogP contribution < -0.4 is 14.7 Å². The maximum Gasteiger partial charge on any atom is 0.308 e. The van der Waals surface area contributed by atoms with Gasteiger partial charge in [0.1, 0.15) is 18.5 Å². The zero-order valence-corrected chi connectivity index (χ0v) is 20.8. The van der Waals surface area contributed by atoms with Crippen LogP contribution in [0.15, 0.2) is 77.6 Å². The van der Waals surface area contributed by atoms with Gasteiger partial charge in [0.05, 0.1) is 28.8 Å². The van der Waals surface area contributed by atoms with E-state index in [0.717, 1.165) is 27.1 Å². The number of rotatable bonds is 11. The van der Waals surface area contributed by atoms with Crippen LogP contribution in [-0.2, 0) is 22.5 Å². The van der Waals surface area contributed by atoms with Gasteiger partial charge >= 0.3 is 4.87 Å². The molecule has 0 N–H and O–H groups in total. The van der Waals surface area contributed by atoms with Crippen LogP contribution >= 0.6 is 11.3 Å². The predicted octanol–water partition coefficient (Wildman–Crippen LogP) is 3.46. The fourth-order valence-corrected chi connectivity index (χ4v) is 4.84. The summed E-state index contributed by atoms with van der Waals surface area (Å²) < 4.78 is 13.6. The molecule has 186 valence electrons. The Bertz CT molecular complexity index is 1410. The summed E-state index contributed by atoms with van der Waals surface area (Å²) in [6.45, 7) is 4.17. The Kier molecular flexibility index (Phi) is 7.97. The topological polar surface area (TPSA) is 97.7 Å². The number of benzene rings is 3. The van der Waals surface area contributed by atoms with E-state index in [0.29, 0.717) is 23.4 Å². The van der Waals surface area contributed by atoms with E-state index in [-0.39, 0.29) is 29.8 Å². The largest absolute Gasteiger partial charge is 0.547 e. The smallest absolute Gasteiger partial charge is 0.308 e. The van der Waals surface area contributed by atoms with E-state index in [1.165, 1.54) is 0 Å². The second-order valence-corrected chi connectivity index (χ2v) is 9.58. The molecule has 0 aliphatic carbocycles. The fourth-order valence-electron chi connectivity index (χ4n) is 3.88. The number of ether oxygens (including phenoxy) is 2. The zero-order valence-electron chi connectivity index (χ0n) is 20.0. The number of hydrogen-bond acceptors (Lipinski definition) is 7. The highest BCUT2D eigenvalue weighted by atomic mass is 32.1. The first-order chi connectivity index (χ1) is 17.3. The van der Waals surface area contributed by atoms with Gasteiger partial charge in [-0.1, -0.05) is 53.8 Å². The highest BCUT2D eigenvalue weighted by molar-refractivity contribution is 7.16. The Balaban J connectivity index is 1.39. The van der Waals surface area contributed by atoms with Crippen LogP contribution in [0.3, 0.4) is 0 Å². The molecule has 0 saturated carbocycles. The number of carbonyl (C=O) groups is 2. The Labute approximate surface area is 212 Å².